The zero-order chi connectivity index (χ0) is 18.5. The number of alkyl halides is 3. The number of H-pyrrole nitrogens is 1. The molecule has 1 aromatic carbocycles. The van der Waals surface area contributed by atoms with Crippen molar-refractivity contribution in [3.8, 4) is 0 Å². The number of carbonyl (C=O) groups excluding carboxylic acids is 1. The number of carbonyl (C=O) groups is 1. The van der Waals surface area contributed by atoms with Gasteiger partial charge >= 0.3 is 12.1 Å². The first kappa shape index (κ1) is 16.8. The molecule has 2 heterocycles. The van der Waals surface area contributed by atoms with E-state index in [1.807, 2.05) is 0 Å². The van der Waals surface area contributed by atoms with Crippen LogP contribution in [0.25, 0.3) is 16.7 Å². The second-order valence-electron chi connectivity index (χ2n) is 5.32. The fourth-order valence-electron chi connectivity index (χ4n) is 2.76. The maximum Gasteiger partial charge on any atom is 0.418 e. The van der Waals surface area contributed by atoms with E-state index in [2.05, 4.69) is 14.7 Å². The number of methoxy groups -OCH3 is 1. The monoisotopic (exact) mass is 354 g/mol. The predicted octanol–water partition coefficient (Wildman–Crippen LogP) is 2.13. The van der Waals surface area contributed by atoms with Gasteiger partial charge in [0, 0.05) is 5.69 Å². The fourth-order valence-corrected chi connectivity index (χ4v) is 2.76. The van der Waals surface area contributed by atoms with Gasteiger partial charge in [0.05, 0.1) is 29.4 Å². The topological polar surface area (TPSA) is 102 Å². The number of halogens is 3. The molecule has 3 rings (SSSR count). The Morgan fingerprint density at radius 1 is 1.40 bits per heavy atom. The largest absolute Gasteiger partial charge is 0.464 e. The molecule has 132 valence electrons. The summed E-state index contributed by atoms with van der Waals surface area (Å²) in [6.07, 6.45) is -4.37. The molecule has 0 unspecified atom stereocenters. The molecule has 0 atom stereocenters. The highest BCUT2D eigenvalue weighted by atomic mass is 19.4. The van der Waals surface area contributed by atoms with Crippen molar-refractivity contribution in [1.82, 2.24) is 14.4 Å². The summed E-state index contributed by atoms with van der Waals surface area (Å²) >= 11 is 0. The maximum absolute atomic E-state index is 13.0. The summed E-state index contributed by atoms with van der Waals surface area (Å²) in [6, 6.07) is 1.87. The Bertz CT molecular complexity index is 1070. The number of ether oxygens (including phenoxy) is 1. The van der Waals surface area contributed by atoms with Gasteiger partial charge in [-0.25, -0.2) is 9.78 Å². The molecule has 0 fully saturated rings. The number of aromatic nitrogens is 3. The number of benzene rings is 1. The number of esters is 1. The van der Waals surface area contributed by atoms with E-state index >= 15 is 0 Å². The summed E-state index contributed by atoms with van der Waals surface area (Å²) in [6.45, 7) is 1.72. The Labute approximate surface area is 138 Å². The molecule has 25 heavy (non-hydrogen) atoms. The molecule has 0 spiro atoms. The molecule has 0 aliphatic rings. The minimum atomic E-state index is -4.66. The summed E-state index contributed by atoms with van der Waals surface area (Å²) < 4.78 is 45.1. The number of hydrogen-bond acceptors (Lipinski definition) is 5. The summed E-state index contributed by atoms with van der Waals surface area (Å²) in [4.78, 5) is 30.4. The van der Waals surface area contributed by atoms with Crippen molar-refractivity contribution < 1.29 is 22.7 Å². The van der Waals surface area contributed by atoms with Crippen LogP contribution in [0, 0.1) is 0 Å². The second kappa shape index (κ2) is 5.50. The molecular weight excluding hydrogens is 341 g/mol. The van der Waals surface area contributed by atoms with E-state index < -0.39 is 29.0 Å². The zero-order valence-corrected chi connectivity index (χ0v) is 13.2. The average Bonchev–Trinajstić information content (AvgIpc) is 2.93. The van der Waals surface area contributed by atoms with Gasteiger partial charge in [-0.15, -0.1) is 0 Å². The second-order valence-corrected chi connectivity index (χ2v) is 5.32. The molecule has 0 amide bonds. The number of rotatable bonds is 2. The van der Waals surface area contributed by atoms with Crippen molar-refractivity contribution in [2.24, 2.45) is 0 Å². The number of aryl methyl sites for hydroxylation is 1. The number of fused-ring (bicyclic) bond motifs is 3. The van der Waals surface area contributed by atoms with E-state index in [0.29, 0.717) is 12.1 Å². The summed E-state index contributed by atoms with van der Waals surface area (Å²) in [5.74, 6) is -0.743. The van der Waals surface area contributed by atoms with E-state index in [9.17, 15) is 22.8 Å². The number of hydrogen-bond donors (Lipinski definition) is 2. The molecule has 3 aromatic rings. The summed E-state index contributed by atoms with van der Waals surface area (Å²) in [5, 5.41) is 0. The van der Waals surface area contributed by atoms with Gasteiger partial charge in [-0.2, -0.15) is 13.2 Å². The van der Waals surface area contributed by atoms with E-state index in [1.165, 1.54) is 11.5 Å². The lowest BCUT2D eigenvalue weighted by Crippen LogP contribution is -2.14. The Morgan fingerprint density at radius 3 is 2.64 bits per heavy atom. The smallest absolute Gasteiger partial charge is 0.418 e. The molecule has 10 heteroatoms. The van der Waals surface area contributed by atoms with Crippen molar-refractivity contribution in [2.45, 2.75) is 19.5 Å². The van der Waals surface area contributed by atoms with Crippen molar-refractivity contribution in [3.63, 3.8) is 0 Å². The van der Waals surface area contributed by atoms with Gasteiger partial charge in [0.25, 0.3) is 5.56 Å². The van der Waals surface area contributed by atoms with E-state index in [4.69, 9.17) is 5.73 Å². The van der Waals surface area contributed by atoms with Crippen LogP contribution in [0.3, 0.4) is 0 Å². The number of nitrogens with two attached hydrogens (primary N) is 1. The normalized spacial score (nSPS) is 12.0. The van der Waals surface area contributed by atoms with Crippen molar-refractivity contribution in [3.05, 3.63) is 39.4 Å². The van der Waals surface area contributed by atoms with Crippen LogP contribution >= 0.6 is 0 Å². The third-order valence-corrected chi connectivity index (χ3v) is 3.85. The number of nitrogens with one attached hydrogen (secondary N) is 1. The predicted molar refractivity (Wildman–Crippen MR) is 83.5 cm³/mol. The van der Waals surface area contributed by atoms with E-state index in [1.54, 1.807) is 6.92 Å². The SMILES string of the molecule is CCc1c(C(=O)OC)nc2c(=O)[nH]c3cc(C(F)(F)F)c(N)cc3n12. The Balaban J connectivity index is 2.49. The Hall–Kier alpha value is -3.04. The molecule has 7 nitrogen and oxygen atoms in total. The zero-order valence-electron chi connectivity index (χ0n) is 13.2. The van der Waals surface area contributed by atoms with Gasteiger partial charge in [0.1, 0.15) is 0 Å². The first-order chi connectivity index (χ1) is 11.7. The van der Waals surface area contributed by atoms with Crippen LogP contribution in [0.15, 0.2) is 16.9 Å². The summed E-state index contributed by atoms with van der Waals surface area (Å²) in [5.41, 5.74) is 3.57. The third kappa shape index (κ3) is 2.49. The van der Waals surface area contributed by atoms with Gasteiger partial charge in [0.2, 0.25) is 5.65 Å². The van der Waals surface area contributed by atoms with Gasteiger partial charge in [-0.1, -0.05) is 6.92 Å². The number of imidazole rings is 1. The number of nitrogen functional groups attached to an aromatic ring is 1. The number of aromatic amines is 1. The highest BCUT2D eigenvalue weighted by Gasteiger charge is 2.34. The minimum absolute atomic E-state index is 0.0671. The third-order valence-electron chi connectivity index (χ3n) is 3.85. The quantitative estimate of drug-likeness (QED) is 0.542. The van der Waals surface area contributed by atoms with Gasteiger partial charge in [0.15, 0.2) is 5.69 Å². The molecule has 0 aliphatic heterocycles. The van der Waals surface area contributed by atoms with Crippen LogP contribution in [0.4, 0.5) is 18.9 Å². The Morgan fingerprint density at radius 2 is 2.08 bits per heavy atom. The summed E-state index contributed by atoms with van der Waals surface area (Å²) in [7, 11) is 1.17. The van der Waals surface area contributed by atoms with Crippen LogP contribution in [0.2, 0.25) is 0 Å². The van der Waals surface area contributed by atoms with Crippen LogP contribution in [0.1, 0.15) is 28.7 Å². The number of nitrogens with zero attached hydrogens (tertiary/aromatic N) is 2. The molecule has 0 bridgehead atoms. The van der Waals surface area contributed by atoms with Gasteiger partial charge in [-0.3, -0.25) is 9.20 Å². The van der Waals surface area contributed by atoms with Gasteiger partial charge in [-0.05, 0) is 18.6 Å². The van der Waals surface area contributed by atoms with Gasteiger partial charge < -0.3 is 15.5 Å². The molecule has 0 radical (unpaired) electrons. The molecule has 0 saturated carbocycles. The van der Waals surface area contributed by atoms with Crippen LogP contribution < -0.4 is 11.3 Å². The fraction of sp³-hybridized carbons (Fsp3) is 0.267. The molecule has 0 saturated heterocycles. The maximum atomic E-state index is 13.0. The van der Waals surface area contributed by atoms with E-state index in [-0.39, 0.29) is 22.4 Å². The average molecular weight is 354 g/mol. The minimum Gasteiger partial charge on any atom is -0.464 e. The molecule has 0 aliphatic carbocycles. The first-order valence-corrected chi connectivity index (χ1v) is 7.21. The molecular formula is C15H13F3N4O3. The molecule has 3 N–H and O–H groups in total. The van der Waals surface area contributed by atoms with Crippen LogP contribution in [0.5, 0.6) is 0 Å². The number of anilines is 1. The van der Waals surface area contributed by atoms with Crippen LogP contribution in [-0.2, 0) is 17.3 Å². The lowest BCUT2D eigenvalue weighted by atomic mass is 10.1. The van der Waals surface area contributed by atoms with Crippen molar-refractivity contribution in [1.29, 1.82) is 0 Å². The van der Waals surface area contributed by atoms with E-state index in [0.717, 1.165) is 12.1 Å². The van der Waals surface area contributed by atoms with Crippen molar-refractivity contribution in [2.75, 3.05) is 12.8 Å². The first-order valence-electron chi connectivity index (χ1n) is 7.21. The van der Waals surface area contributed by atoms with Crippen LogP contribution in [-0.4, -0.2) is 27.4 Å². The lowest BCUT2D eigenvalue weighted by molar-refractivity contribution is -0.136. The highest BCUT2D eigenvalue weighted by molar-refractivity contribution is 5.91. The highest BCUT2D eigenvalue weighted by Crippen LogP contribution is 2.35. The van der Waals surface area contributed by atoms with Crippen molar-refractivity contribution >= 4 is 28.3 Å². The molecule has 2 aromatic heterocycles. The standard InChI is InChI=1S/C15H13F3N4O3/c1-3-9-11(14(24)25-2)21-12-13(23)20-8-4-6(15(16,17)18)7(19)5-10(8)22(9)12/h4-5H,3,19H2,1-2H3,(H,20,23). The lowest BCUT2D eigenvalue weighted by Gasteiger charge is -2.12. The Kier molecular flexibility index (Phi) is 3.70.